The second kappa shape index (κ2) is 11.1. The summed E-state index contributed by atoms with van der Waals surface area (Å²) in [5, 5.41) is 19.2. The number of nitrogens with zero attached hydrogens (tertiary/aromatic N) is 5. The van der Waals surface area contributed by atoms with E-state index in [4.69, 9.17) is 14.9 Å². The van der Waals surface area contributed by atoms with Crippen molar-refractivity contribution < 1.29 is 14.7 Å². The van der Waals surface area contributed by atoms with Crippen molar-refractivity contribution in [2.75, 3.05) is 44.7 Å². The molecule has 1 aliphatic rings. The van der Waals surface area contributed by atoms with Crippen LogP contribution in [0.3, 0.4) is 0 Å². The Morgan fingerprint density at radius 1 is 1.31 bits per heavy atom. The number of hydrogen-bond acceptors (Lipinski definition) is 7. The van der Waals surface area contributed by atoms with E-state index in [-0.39, 0.29) is 16.7 Å². The highest BCUT2D eigenvalue weighted by atomic mass is 16.4. The number of piperazine rings is 1. The van der Waals surface area contributed by atoms with Crippen molar-refractivity contribution in [2.24, 2.45) is 0 Å². The lowest BCUT2D eigenvalue weighted by atomic mass is 10.1. The molecule has 0 aliphatic carbocycles. The zero-order valence-electron chi connectivity index (χ0n) is 18.8. The van der Waals surface area contributed by atoms with E-state index in [0.717, 1.165) is 45.2 Å². The lowest BCUT2D eigenvalue weighted by molar-refractivity contribution is -0.134. The number of likely N-dealkylation sites (N-methyl/N-ethyl adjacent to an activating group) is 2. The molecule has 2 aromatic rings. The minimum absolute atomic E-state index is 0.123. The summed E-state index contributed by atoms with van der Waals surface area (Å²) in [6.07, 6.45) is 3.00. The Kier molecular flexibility index (Phi) is 8.49. The molecule has 170 valence electrons. The summed E-state index contributed by atoms with van der Waals surface area (Å²) in [6, 6.07) is 5.57. The molecule has 32 heavy (non-hydrogen) atoms. The van der Waals surface area contributed by atoms with Gasteiger partial charge in [-0.15, -0.1) is 0 Å². The molecule has 3 rings (SSSR count). The maximum absolute atomic E-state index is 13.2. The van der Waals surface area contributed by atoms with Gasteiger partial charge in [0, 0.05) is 46.3 Å². The van der Waals surface area contributed by atoms with Crippen LogP contribution >= 0.6 is 0 Å². The molecule has 0 unspecified atom stereocenters. The molecule has 0 aromatic carbocycles. The fourth-order valence-electron chi connectivity index (χ4n) is 3.37. The lowest BCUT2D eigenvalue weighted by Gasteiger charge is -2.35. The van der Waals surface area contributed by atoms with Crippen molar-refractivity contribution in [3.63, 3.8) is 0 Å². The Labute approximate surface area is 186 Å². The zero-order valence-corrected chi connectivity index (χ0v) is 18.8. The highest BCUT2D eigenvalue weighted by Crippen LogP contribution is 2.21. The Balaban J connectivity index is 0.000000837. The number of amides is 1. The molecule has 1 saturated heterocycles. The van der Waals surface area contributed by atoms with E-state index in [1.807, 2.05) is 19.1 Å². The fraction of sp³-hybridized carbons (Fsp3) is 0.409. The summed E-state index contributed by atoms with van der Waals surface area (Å²) in [5.41, 5.74) is 1.31. The smallest absolute Gasteiger partial charge is 0.300 e. The number of nitriles is 1. The molecule has 1 fully saturated rings. The Bertz CT molecular complexity index is 1120. The molecule has 1 aliphatic heterocycles. The summed E-state index contributed by atoms with van der Waals surface area (Å²) in [6.45, 7) is 9.28. The van der Waals surface area contributed by atoms with Gasteiger partial charge in [0.25, 0.3) is 17.4 Å². The molecule has 0 atom stereocenters. The number of pyridine rings is 1. The van der Waals surface area contributed by atoms with Crippen molar-refractivity contribution in [1.29, 1.82) is 5.26 Å². The van der Waals surface area contributed by atoms with E-state index >= 15 is 0 Å². The van der Waals surface area contributed by atoms with Crippen LogP contribution in [0.2, 0.25) is 0 Å². The molecular weight excluding hydrogens is 412 g/mol. The van der Waals surface area contributed by atoms with Gasteiger partial charge in [0.1, 0.15) is 23.1 Å². The zero-order chi connectivity index (χ0) is 23.8. The summed E-state index contributed by atoms with van der Waals surface area (Å²) < 4.78 is 1.46. The molecule has 0 radical (unpaired) electrons. The van der Waals surface area contributed by atoms with Gasteiger partial charge in [-0.3, -0.25) is 18.8 Å². The number of fused-ring (bicyclic) bond motifs is 1. The van der Waals surface area contributed by atoms with E-state index in [0.29, 0.717) is 11.5 Å². The third-order valence-electron chi connectivity index (χ3n) is 5.06. The van der Waals surface area contributed by atoms with E-state index in [1.54, 1.807) is 12.3 Å². The average Bonchev–Trinajstić information content (AvgIpc) is 2.78. The summed E-state index contributed by atoms with van der Waals surface area (Å²) in [5.74, 6) is -0.843. The van der Waals surface area contributed by atoms with Gasteiger partial charge in [0.15, 0.2) is 0 Å². The fourth-order valence-corrected chi connectivity index (χ4v) is 3.37. The van der Waals surface area contributed by atoms with Gasteiger partial charge < -0.3 is 20.2 Å². The molecule has 3 heterocycles. The van der Waals surface area contributed by atoms with Crippen molar-refractivity contribution in [3.05, 3.63) is 45.4 Å². The maximum atomic E-state index is 13.2. The molecule has 0 saturated carbocycles. The average molecular weight is 441 g/mol. The molecule has 0 spiro atoms. The van der Waals surface area contributed by atoms with Crippen molar-refractivity contribution in [1.82, 2.24) is 19.6 Å². The van der Waals surface area contributed by atoms with E-state index in [2.05, 4.69) is 22.0 Å². The number of aromatic nitrogens is 2. The quantitative estimate of drug-likeness (QED) is 0.529. The maximum Gasteiger partial charge on any atom is 0.300 e. The predicted octanol–water partition coefficient (Wildman–Crippen LogP) is 0.889. The number of hydrogen-bond donors (Lipinski definition) is 2. The Morgan fingerprint density at radius 2 is 1.94 bits per heavy atom. The normalized spacial score (nSPS) is 14.3. The van der Waals surface area contributed by atoms with Crippen LogP contribution in [0.5, 0.6) is 0 Å². The minimum Gasteiger partial charge on any atom is -0.481 e. The number of nitrogens with one attached hydrogen (secondary N) is 1. The second-order valence-electron chi connectivity index (χ2n) is 7.23. The van der Waals surface area contributed by atoms with Gasteiger partial charge in [0.05, 0.1) is 5.56 Å². The monoisotopic (exact) mass is 440 g/mol. The number of anilines is 1. The largest absolute Gasteiger partial charge is 0.481 e. The molecule has 1 amide bonds. The summed E-state index contributed by atoms with van der Waals surface area (Å²) in [7, 11) is 1.45. The van der Waals surface area contributed by atoms with Crippen molar-refractivity contribution in [2.45, 2.75) is 20.8 Å². The molecular formula is C22H28N6O4. The summed E-state index contributed by atoms with van der Waals surface area (Å²) in [4.78, 5) is 43.4. The molecule has 2 N–H and O–H groups in total. The first kappa shape index (κ1) is 24.6. The molecule has 0 bridgehead atoms. The minimum atomic E-state index is -0.833. The third kappa shape index (κ3) is 5.70. The van der Waals surface area contributed by atoms with Gasteiger partial charge in [-0.05, 0) is 31.2 Å². The number of carboxylic acid groups (broad SMARTS) is 1. The topological polar surface area (TPSA) is 131 Å². The number of carboxylic acids is 1. The number of aryl methyl sites for hydroxylation is 1. The van der Waals surface area contributed by atoms with Crippen LogP contribution < -0.4 is 15.8 Å². The predicted molar refractivity (Wildman–Crippen MR) is 121 cm³/mol. The molecule has 10 heteroatoms. The number of carbonyl (C=O) groups excluding carboxylic acids is 1. The van der Waals surface area contributed by atoms with E-state index in [1.165, 1.54) is 17.5 Å². The van der Waals surface area contributed by atoms with Gasteiger partial charge in [0.2, 0.25) is 0 Å². The van der Waals surface area contributed by atoms with Gasteiger partial charge in [-0.2, -0.15) is 5.26 Å². The Hall–Kier alpha value is -3.71. The first-order chi connectivity index (χ1) is 15.2. The van der Waals surface area contributed by atoms with Crippen LogP contribution in [-0.4, -0.2) is 71.0 Å². The SMILES string of the molecule is CC(=O)O.CCN1CCN(c2nc3c(C)cccn3c(=O)c2/C=C(/C#N)C(=O)NC)CC1. The van der Waals surface area contributed by atoms with Gasteiger partial charge in [-0.25, -0.2) is 4.98 Å². The first-order valence-corrected chi connectivity index (χ1v) is 10.3. The Morgan fingerprint density at radius 3 is 2.47 bits per heavy atom. The van der Waals surface area contributed by atoms with E-state index in [9.17, 15) is 14.9 Å². The van der Waals surface area contributed by atoms with E-state index < -0.39 is 11.9 Å². The van der Waals surface area contributed by atoms with Crippen LogP contribution in [0.1, 0.15) is 25.0 Å². The standard InChI is InChI=1S/C20H24N6O2.C2H4O2/c1-4-24-8-10-25(11-9-24)18-16(12-15(13-21)19(27)22-3)20(28)26-7-5-6-14(2)17(26)23-18;1-2(3)4/h5-7,12H,4,8-11H2,1-3H3,(H,22,27);1H3,(H,3,4)/b15-12-;. The summed E-state index contributed by atoms with van der Waals surface area (Å²) >= 11 is 0. The van der Waals surface area contributed by atoms with Gasteiger partial charge >= 0.3 is 0 Å². The van der Waals surface area contributed by atoms with Crippen LogP contribution in [0, 0.1) is 18.3 Å². The van der Waals surface area contributed by atoms with Crippen LogP contribution in [0.4, 0.5) is 5.82 Å². The highest BCUT2D eigenvalue weighted by molar-refractivity contribution is 6.02. The van der Waals surface area contributed by atoms with Crippen molar-refractivity contribution >= 4 is 29.4 Å². The molecule has 10 nitrogen and oxygen atoms in total. The van der Waals surface area contributed by atoms with Gasteiger partial charge in [-0.1, -0.05) is 13.0 Å². The third-order valence-corrected chi connectivity index (χ3v) is 5.06. The van der Waals surface area contributed by atoms with Crippen molar-refractivity contribution in [3.8, 4) is 6.07 Å². The number of rotatable bonds is 4. The van der Waals surface area contributed by atoms with Crippen LogP contribution in [-0.2, 0) is 9.59 Å². The molecule has 2 aromatic heterocycles. The lowest BCUT2D eigenvalue weighted by Crippen LogP contribution is -2.47. The number of aliphatic carboxylic acids is 1. The van der Waals surface area contributed by atoms with Crippen LogP contribution in [0.15, 0.2) is 28.7 Å². The van der Waals surface area contributed by atoms with Crippen LogP contribution in [0.25, 0.3) is 11.7 Å². The first-order valence-electron chi connectivity index (χ1n) is 10.3. The number of carbonyl (C=O) groups is 2. The second-order valence-corrected chi connectivity index (χ2v) is 7.23. The highest BCUT2D eigenvalue weighted by Gasteiger charge is 2.23.